The Morgan fingerprint density at radius 2 is 1.67 bits per heavy atom. The van der Waals surface area contributed by atoms with Crippen molar-refractivity contribution in [2.75, 3.05) is 13.1 Å². The van der Waals surface area contributed by atoms with Gasteiger partial charge in [-0.2, -0.15) is 0 Å². The van der Waals surface area contributed by atoms with Crippen LogP contribution >= 0.6 is 0 Å². The predicted molar refractivity (Wildman–Crippen MR) is 78.8 cm³/mol. The number of piperidine rings is 1. The second kappa shape index (κ2) is 6.38. The molecule has 1 saturated heterocycles. The molecule has 1 aliphatic carbocycles. The lowest BCUT2D eigenvalue weighted by Gasteiger charge is -2.40. The minimum absolute atomic E-state index is 0.723. The van der Waals surface area contributed by atoms with Crippen LogP contribution in [0.2, 0.25) is 0 Å². The molecule has 2 heteroatoms. The van der Waals surface area contributed by atoms with Crippen molar-refractivity contribution in [1.82, 2.24) is 10.2 Å². The van der Waals surface area contributed by atoms with Gasteiger partial charge >= 0.3 is 0 Å². The highest BCUT2D eigenvalue weighted by Gasteiger charge is 2.28. The van der Waals surface area contributed by atoms with Gasteiger partial charge < -0.3 is 10.2 Å². The van der Waals surface area contributed by atoms with Crippen LogP contribution in [0.25, 0.3) is 0 Å². The van der Waals surface area contributed by atoms with Gasteiger partial charge in [0.15, 0.2) is 0 Å². The van der Waals surface area contributed by atoms with E-state index in [9.17, 15) is 0 Å². The van der Waals surface area contributed by atoms with E-state index >= 15 is 0 Å². The monoisotopic (exact) mass is 252 g/mol. The van der Waals surface area contributed by atoms with E-state index in [1.807, 2.05) is 0 Å². The summed E-state index contributed by atoms with van der Waals surface area (Å²) in [6.45, 7) is 12.1. The Bertz CT molecular complexity index is 243. The maximum absolute atomic E-state index is 3.96. The quantitative estimate of drug-likeness (QED) is 0.829. The molecule has 0 aromatic carbocycles. The highest BCUT2D eigenvalue weighted by molar-refractivity contribution is 4.86. The topological polar surface area (TPSA) is 15.3 Å². The van der Waals surface area contributed by atoms with Crippen LogP contribution in [0, 0.1) is 11.8 Å². The molecule has 1 saturated carbocycles. The minimum atomic E-state index is 0.723. The van der Waals surface area contributed by atoms with Crippen LogP contribution in [0.5, 0.6) is 0 Å². The van der Waals surface area contributed by atoms with Crippen LogP contribution < -0.4 is 5.32 Å². The summed E-state index contributed by atoms with van der Waals surface area (Å²) in [6.07, 6.45) is 6.93. The molecule has 0 spiro atoms. The minimum Gasteiger partial charge on any atom is -0.311 e. The van der Waals surface area contributed by atoms with E-state index in [1.165, 1.54) is 45.2 Å². The molecular formula is C16H32N2. The molecule has 3 atom stereocenters. The Labute approximate surface area is 114 Å². The van der Waals surface area contributed by atoms with Crippen molar-refractivity contribution in [3.8, 4) is 0 Å². The van der Waals surface area contributed by atoms with E-state index in [4.69, 9.17) is 0 Å². The number of likely N-dealkylation sites (tertiary alicyclic amines) is 1. The summed E-state index contributed by atoms with van der Waals surface area (Å²) in [5.41, 5.74) is 0. The molecule has 1 aliphatic heterocycles. The van der Waals surface area contributed by atoms with Crippen LogP contribution in [0.3, 0.4) is 0 Å². The van der Waals surface area contributed by atoms with E-state index in [0.717, 1.165) is 30.0 Å². The van der Waals surface area contributed by atoms with Gasteiger partial charge in [0.1, 0.15) is 0 Å². The average molecular weight is 252 g/mol. The molecule has 2 nitrogen and oxygen atoms in total. The third-order valence-corrected chi connectivity index (χ3v) is 5.14. The lowest BCUT2D eigenvalue weighted by atomic mass is 9.79. The Morgan fingerprint density at radius 1 is 1.00 bits per heavy atom. The van der Waals surface area contributed by atoms with E-state index in [0.29, 0.717) is 0 Å². The van der Waals surface area contributed by atoms with Crippen LogP contribution in [-0.4, -0.2) is 36.1 Å². The fourth-order valence-electron chi connectivity index (χ4n) is 3.80. The molecule has 3 unspecified atom stereocenters. The Morgan fingerprint density at radius 3 is 2.22 bits per heavy atom. The SMILES string of the molecule is CC1CCC(NC2CCN(C(C)C)CC2)C(C)C1. The van der Waals surface area contributed by atoms with E-state index < -0.39 is 0 Å². The first kappa shape index (κ1) is 14.3. The largest absolute Gasteiger partial charge is 0.311 e. The van der Waals surface area contributed by atoms with Crippen LogP contribution in [0.4, 0.5) is 0 Å². The molecule has 0 aromatic rings. The molecular weight excluding hydrogens is 220 g/mol. The third-order valence-electron chi connectivity index (χ3n) is 5.14. The van der Waals surface area contributed by atoms with Gasteiger partial charge in [-0.15, -0.1) is 0 Å². The lowest BCUT2D eigenvalue weighted by Crippen LogP contribution is -2.50. The van der Waals surface area contributed by atoms with Crippen molar-refractivity contribution in [3.05, 3.63) is 0 Å². The number of hydrogen-bond donors (Lipinski definition) is 1. The summed E-state index contributed by atoms with van der Waals surface area (Å²) in [5.74, 6) is 1.82. The number of rotatable bonds is 3. The first-order valence-corrected chi connectivity index (χ1v) is 8.06. The zero-order valence-corrected chi connectivity index (χ0v) is 12.8. The zero-order chi connectivity index (χ0) is 13.1. The maximum atomic E-state index is 3.96. The summed E-state index contributed by atoms with van der Waals surface area (Å²) in [6, 6.07) is 2.29. The van der Waals surface area contributed by atoms with Gasteiger partial charge in [0.05, 0.1) is 0 Å². The van der Waals surface area contributed by atoms with E-state index in [1.54, 1.807) is 0 Å². The van der Waals surface area contributed by atoms with E-state index in [2.05, 4.69) is 37.9 Å². The highest BCUT2D eigenvalue weighted by Crippen LogP contribution is 2.29. The second-order valence-corrected chi connectivity index (χ2v) is 7.07. The van der Waals surface area contributed by atoms with Gasteiger partial charge in [0, 0.05) is 18.1 Å². The smallest absolute Gasteiger partial charge is 0.00955 e. The predicted octanol–water partition coefficient (Wildman–Crippen LogP) is 3.27. The molecule has 2 fully saturated rings. The fourth-order valence-corrected chi connectivity index (χ4v) is 3.80. The van der Waals surface area contributed by atoms with E-state index in [-0.39, 0.29) is 0 Å². The summed E-state index contributed by atoms with van der Waals surface area (Å²) in [5, 5.41) is 3.96. The van der Waals surface area contributed by atoms with Crippen molar-refractivity contribution in [1.29, 1.82) is 0 Å². The zero-order valence-electron chi connectivity index (χ0n) is 12.8. The van der Waals surface area contributed by atoms with Gasteiger partial charge in [-0.05, 0) is 70.9 Å². The van der Waals surface area contributed by atoms with Gasteiger partial charge in [0.25, 0.3) is 0 Å². The fraction of sp³-hybridized carbons (Fsp3) is 1.00. The molecule has 2 rings (SSSR count). The first-order chi connectivity index (χ1) is 8.56. The number of hydrogen-bond acceptors (Lipinski definition) is 2. The summed E-state index contributed by atoms with van der Waals surface area (Å²) in [7, 11) is 0. The summed E-state index contributed by atoms with van der Waals surface area (Å²) < 4.78 is 0. The number of nitrogens with one attached hydrogen (secondary N) is 1. The normalized spacial score (nSPS) is 36.2. The van der Waals surface area contributed by atoms with Crippen molar-refractivity contribution in [3.63, 3.8) is 0 Å². The van der Waals surface area contributed by atoms with Gasteiger partial charge in [0.2, 0.25) is 0 Å². The maximum Gasteiger partial charge on any atom is 0.00955 e. The van der Waals surface area contributed by atoms with Crippen LogP contribution in [0.1, 0.15) is 59.8 Å². The third kappa shape index (κ3) is 3.71. The molecule has 0 bridgehead atoms. The van der Waals surface area contributed by atoms with Crippen molar-refractivity contribution in [2.24, 2.45) is 11.8 Å². The summed E-state index contributed by atoms with van der Waals surface area (Å²) in [4.78, 5) is 2.62. The first-order valence-electron chi connectivity index (χ1n) is 8.06. The van der Waals surface area contributed by atoms with Gasteiger partial charge in [-0.1, -0.05) is 13.8 Å². The number of nitrogens with zero attached hydrogens (tertiary/aromatic N) is 1. The van der Waals surface area contributed by atoms with Crippen LogP contribution in [0.15, 0.2) is 0 Å². The molecule has 1 N–H and O–H groups in total. The Kier molecular flexibility index (Phi) is 5.08. The highest BCUT2D eigenvalue weighted by atomic mass is 15.2. The van der Waals surface area contributed by atoms with Crippen molar-refractivity contribution in [2.45, 2.75) is 77.9 Å². The molecule has 1 heterocycles. The standard InChI is InChI=1S/C16H32N2/c1-12(2)18-9-7-15(8-10-18)17-16-6-5-13(3)11-14(16)4/h12-17H,5-11H2,1-4H3. The Balaban J connectivity index is 1.74. The summed E-state index contributed by atoms with van der Waals surface area (Å²) >= 11 is 0. The molecule has 0 aromatic heterocycles. The van der Waals surface area contributed by atoms with Gasteiger partial charge in [-0.3, -0.25) is 0 Å². The lowest BCUT2D eigenvalue weighted by molar-refractivity contribution is 0.138. The van der Waals surface area contributed by atoms with Crippen LogP contribution in [-0.2, 0) is 0 Å². The molecule has 0 radical (unpaired) electrons. The second-order valence-electron chi connectivity index (χ2n) is 7.07. The molecule has 18 heavy (non-hydrogen) atoms. The van der Waals surface area contributed by atoms with Gasteiger partial charge in [-0.25, -0.2) is 0 Å². The Hall–Kier alpha value is -0.0800. The van der Waals surface area contributed by atoms with Crippen molar-refractivity contribution < 1.29 is 0 Å². The molecule has 2 aliphatic rings. The molecule has 0 amide bonds. The average Bonchev–Trinajstić information content (AvgIpc) is 2.33. The molecule has 106 valence electrons. The van der Waals surface area contributed by atoms with Crippen molar-refractivity contribution >= 4 is 0 Å².